The number of hydrogen-bond acceptors (Lipinski definition) is 3. The first-order chi connectivity index (χ1) is 12.3. The molecule has 2 aromatic rings. The fourth-order valence-electron chi connectivity index (χ4n) is 4.01. The molecule has 0 unspecified atom stereocenters. The molecule has 2 saturated heterocycles. The number of benzene rings is 1. The highest BCUT2D eigenvalue weighted by molar-refractivity contribution is 6.05. The van der Waals surface area contributed by atoms with Crippen LogP contribution in [0.25, 0.3) is 10.9 Å². The maximum Gasteiger partial charge on any atom is 0.256 e. The summed E-state index contributed by atoms with van der Waals surface area (Å²) in [6.45, 7) is 5.70. The molecule has 0 aliphatic carbocycles. The zero-order valence-corrected chi connectivity index (χ0v) is 14.7. The maximum absolute atomic E-state index is 12.9. The van der Waals surface area contributed by atoms with Crippen LogP contribution in [0.15, 0.2) is 30.5 Å². The van der Waals surface area contributed by atoms with Gasteiger partial charge in [-0.1, -0.05) is 18.6 Å². The molecule has 2 aliphatic rings. The number of likely N-dealkylation sites (tertiary alicyclic amines) is 2. The van der Waals surface area contributed by atoms with Crippen molar-refractivity contribution in [2.24, 2.45) is 0 Å². The number of para-hydroxylation sites is 1. The van der Waals surface area contributed by atoms with Gasteiger partial charge in [0.2, 0.25) is 0 Å². The van der Waals surface area contributed by atoms with Gasteiger partial charge in [0.15, 0.2) is 0 Å². The Morgan fingerprint density at radius 2 is 2.04 bits per heavy atom. The molecule has 0 radical (unpaired) electrons. The van der Waals surface area contributed by atoms with Crippen molar-refractivity contribution >= 4 is 16.8 Å². The van der Waals surface area contributed by atoms with E-state index in [4.69, 9.17) is 4.74 Å². The highest BCUT2D eigenvalue weighted by atomic mass is 16.5. The van der Waals surface area contributed by atoms with Gasteiger partial charge >= 0.3 is 0 Å². The standard InChI is InChI=1S/C20H27N3O2/c24-20(18-6-4-5-16-7-9-21-19(16)18)23-12-8-17(15-23)25-14-13-22-10-2-1-3-11-22/h4-7,9,17,21H,1-3,8,10-15H2/t17-/m1/s1. The zero-order valence-electron chi connectivity index (χ0n) is 14.7. The number of ether oxygens (including phenoxy) is 1. The van der Waals surface area contributed by atoms with E-state index in [0.717, 1.165) is 42.6 Å². The van der Waals surface area contributed by atoms with Crippen LogP contribution >= 0.6 is 0 Å². The first-order valence-corrected chi connectivity index (χ1v) is 9.50. The Morgan fingerprint density at radius 1 is 1.16 bits per heavy atom. The number of piperidine rings is 1. The number of rotatable bonds is 5. The quantitative estimate of drug-likeness (QED) is 0.910. The summed E-state index contributed by atoms with van der Waals surface area (Å²) >= 11 is 0. The van der Waals surface area contributed by atoms with E-state index in [9.17, 15) is 4.79 Å². The molecule has 1 aromatic carbocycles. The summed E-state index contributed by atoms with van der Waals surface area (Å²) in [7, 11) is 0. The predicted octanol–water partition coefficient (Wildman–Crippen LogP) is 2.88. The third-order valence-corrected chi connectivity index (χ3v) is 5.46. The summed E-state index contributed by atoms with van der Waals surface area (Å²) in [5.41, 5.74) is 1.69. The summed E-state index contributed by atoms with van der Waals surface area (Å²) in [4.78, 5) is 20.5. The minimum atomic E-state index is 0.107. The summed E-state index contributed by atoms with van der Waals surface area (Å²) < 4.78 is 6.05. The second kappa shape index (κ2) is 7.58. The number of hydrogen-bond donors (Lipinski definition) is 1. The van der Waals surface area contributed by atoms with E-state index in [1.165, 1.54) is 32.4 Å². The molecule has 0 spiro atoms. The van der Waals surface area contributed by atoms with Crippen molar-refractivity contribution in [1.29, 1.82) is 0 Å². The molecule has 5 heteroatoms. The normalized spacial score (nSPS) is 21.9. The molecule has 1 amide bonds. The first-order valence-electron chi connectivity index (χ1n) is 9.50. The van der Waals surface area contributed by atoms with Crippen LogP contribution in [0, 0.1) is 0 Å². The zero-order chi connectivity index (χ0) is 17.1. The topological polar surface area (TPSA) is 48.6 Å². The summed E-state index contributed by atoms with van der Waals surface area (Å²) in [6.07, 6.45) is 7.00. The van der Waals surface area contributed by atoms with E-state index in [1.54, 1.807) is 0 Å². The number of aromatic amines is 1. The molecule has 0 bridgehead atoms. The lowest BCUT2D eigenvalue weighted by molar-refractivity contribution is 0.0379. The predicted molar refractivity (Wildman–Crippen MR) is 98.9 cm³/mol. The molecular weight excluding hydrogens is 314 g/mol. The number of amides is 1. The van der Waals surface area contributed by atoms with Gasteiger partial charge in [-0.25, -0.2) is 0 Å². The Bertz CT molecular complexity index is 721. The average Bonchev–Trinajstić information content (AvgIpc) is 3.31. The van der Waals surface area contributed by atoms with E-state index < -0.39 is 0 Å². The van der Waals surface area contributed by atoms with E-state index in [-0.39, 0.29) is 12.0 Å². The van der Waals surface area contributed by atoms with Gasteiger partial charge in [0, 0.05) is 31.2 Å². The third-order valence-electron chi connectivity index (χ3n) is 5.46. The maximum atomic E-state index is 12.9. The molecule has 2 aliphatic heterocycles. The Morgan fingerprint density at radius 3 is 2.92 bits per heavy atom. The van der Waals surface area contributed by atoms with Gasteiger partial charge < -0.3 is 19.5 Å². The highest BCUT2D eigenvalue weighted by Gasteiger charge is 2.28. The molecule has 2 fully saturated rings. The van der Waals surface area contributed by atoms with Crippen molar-refractivity contribution < 1.29 is 9.53 Å². The van der Waals surface area contributed by atoms with Gasteiger partial charge in [-0.2, -0.15) is 0 Å². The van der Waals surface area contributed by atoms with Gasteiger partial charge in [-0.15, -0.1) is 0 Å². The van der Waals surface area contributed by atoms with Crippen LogP contribution in [0.3, 0.4) is 0 Å². The average molecular weight is 341 g/mol. The molecule has 25 heavy (non-hydrogen) atoms. The molecule has 134 valence electrons. The molecule has 4 rings (SSSR count). The van der Waals surface area contributed by atoms with Crippen molar-refractivity contribution in [3.05, 3.63) is 36.0 Å². The van der Waals surface area contributed by atoms with Gasteiger partial charge in [0.25, 0.3) is 5.91 Å². The second-order valence-electron chi connectivity index (χ2n) is 7.18. The Kier molecular flexibility index (Phi) is 5.04. The summed E-state index contributed by atoms with van der Waals surface area (Å²) in [5.74, 6) is 0.107. The number of nitrogens with zero attached hydrogens (tertiary/aromatic N) is 2. The number of aromatic nitrogens is 1. The number of carbonyl (C=O) groups is 1. The van der Waals surface area contributed by atoms with Gasteiger partial charge in [0.05, 0.1) is 23.8 Å². The molecule has 3 heterocycles. The molecule has 1 atom stereocenters. The van der Waals surface area contributed by atoms with Crippen LogP contribution in [-0.4, -0.2) is 66.1 Å². The Labute approximate surface area is 148 Å². The van der Waals surface area contributed by atoms with Crippen molar-refractivity contribution in [2.75, 3.05) is 39.3 Å². The van der Waals surface area contributed by atoms with Gasteiger partial charge in [-0.05, 0) is 44.5 Å². The lowest BCUT2D eigenvalue weighted by atomic mass is 10.1. The van der Waals surface area contributed by atoms with Crippen molar-refractivity contribution in [3.63, 3.8) is 0 Å². The van der Waals surface area contributed by atoms with E-state index in [1.807, 2.05) is 35.4 Å². The van der Waals surface area contributed by atoms with Crippen molar-refractivity contribution in [1.82, 2.24) is 14.8 Å². The number of H-pyrrole nitrogens is 1. The lowest BCUT2D eigenvalue weighted by Crippen LogP contribution is -2.34. The fraction of sp³-hybridized carbons (Fsp3) is 0.550. The SMILES string of the molecule is O=C(c1cccc2cc[nH]c12)N1CC[C@@H](OCCN2CCCCC2)C1. The lowest BCUT2D eigenvalue weighted by Gasteiger charge is -2.26. The van der Waals surface area contributed by atoms with Gasteiger partial charge in [-0.3, -0.25) is 4.79 Å². The summed E-state index contributed by atoms with van der Waals surface area (Å²) in [5, 5.41) is 1.08. The van der Waals surface area contributed by atoms with E-state index in [2.05, 4.69) is 9.88 Å². The van der Waals surface area contributed by atoms with Gasteiger partial charge in [0.1, 0.15) is 0 Å². The van der Waals surface area contributed by atoms with Crippen LogP contribution < -0.4 is 0 Å². The molecule has 1 N–H and O–H groups in total. The van der Waals surface area contributed by atoms with Crippen LogP contribution in [0.1, 0.15) is 36.0 Å². The largest absolute Gasteiger partial charge is 0.375 e. The van der Waals surface area contributed by atoms with E-state index >= 15 is 0 Å². The number of nitrogens with one attached hydrogen (secondary N) is 1. The molecular formula is C20H27N3O2. The number of carbonyl (C=O) groups excluding carboxylic acids is 1. The smallest absolute Gasteiger partial charge is 0.256 e. The van der Waals surface area contributed by atoms with Crippen LogP contribution in [0.5, 0.6) is 0 Å². The fourth-order valence-corrected chi connectivity index (χ4v) is 4.01. The highest BCUT2D eigenvalue weighted by Crippen LogP contribution is 2.22. The first kappa shape index (κ1) is 16.6. The second-order valence-corrected chi connectivity index (χ2v) is 7.18. The molecule has 0 saturated carbocycles. The number of fused-ring (bicyclic) bond motifs is 1. The minimum absolute atomic E-state index is 0.107. The van der Waals surface area contributed by atoms with E-state index in [0.29, 0.717) is 6.54 Å². The Hall–Kier alpha value is -1.85. The Balaban J connectivity index is 1.30. The van der Waals surface area contributed by atoms with Crippen LogP contribution in [0.2, 0.25) is 0 Å². The van der Waals surface area contributed by atoms with Crippen molar-refractivity contribution in [3.8, 4) is 0 Å². The van der Waals surface area contributed by atoms with Crippen LogP contribution in [-0.2, 0) is 4.74 Å². The van der Waals surface area contributed by atoms with Crippen molar-refractivity contribution in [2.45, 2.75) is 31.8 Å². The molecule has 1 aromatic heterocycles. The molecule has 5 nitrogen and oxygen atoms in total. The third kappa shape index (κ3) is 3.72. The monoisotopic (exact) mass is 341 g/mol. The minimum Gasteiger partial charge on any atom is -0.375 e. The summed E-state index contributed by atoms with van der Waals surface area (Å²) in [6, 6.07) is 7.89. The van der Waals surface area contributed by atoms with Crippen LogP contribution in [0.4, 0.5) is 0 Å².